The fourth-order valence-corrected chi connectivity index (χ4v) is 4.29. The number of aryl methyl sites for hydroxylation is 1. The summed E-state index contributed by atoms with van der Waals surface area (Å²) >= 11 is 1.22. The second-order valence-corrected chi connectivity index (χ2v) is 7.55. The smallest absolute Gasteiger partial charge is 0.256 e. The number of amides is 3. The Kier molecular flexibility index (Phi) is 4.69. The molecule has 27 heavy (non-hydrogen) atoms. The number of aromatic nitrogens is 3. The Balaban J connectivity index is 1.68. The first kappa shape index (κ1) is 17.7. The molecule has 3 amide bonds. The third-order valence-electron chi connectivity index (χ3n) is 4.89. The van der Waals surface area contributed by atoms with Crippen molar-refractivity contribution >= 4 is 35.2 Å². The lowest BCUT2D eigenvalue weighted by atomic mass is 10.0. The van der Waals surface area contributed by atoms with Crippen molar-refractivity contribution in [2.24, 2.45) is 7.05 Å². The second kappa shape index (κ2) is 7.15. The molecule has 1 saturated heterocycles. The van der Waals surface area contributed by atoms with Gasteiger partial charge in [0.25, 0.3) is 11.8 Å². The number of carbonyl (C=O) groups excluding carboxylic acids is 3. The van der Waals surface area contributed by atoms with Crippen molar-refractivity contribution in [1.82, 2.24) is 19.7 Å². The molecule has 4 rings (SSSR count). The van der Waals surface area contributed by atoms with Crippen LogP contribution in [0.3, 0.4) is 0 Å². The number of rotatable bonds is 3. The van der Waals surface area contributed by atoms with Gasteiger partial charge in [-0.1, -0.05) is 23.9 Å². The van der Waals surface area contributed by atoms with Crippen molar-refractivity contribution in [3.8, 4) is 0 Å². The van der Waals surface area contributed by atoms with E-state index in [4.69, 9.17) is 0 Å². The number of thioether (sulfide) groups is 1. The molecule has 1 aromatic heterocycles. The monoisotopic (exact) mass is 385 g/mol. The Hall–Kier alpha value is -2.68. The van der Waals surface area contributed by atoms with E-state index in [1.807, 2.05) is 0 Å². The molecule has 0 N–H and O–H groups in total. The van der Waals surface area contributed by atoms with Gasteiger partial charge in [-0.05, 0) is 31.4 Å². The molecular formula is C18H19N5O3S. The van der Waals surface area contributed by atoms with Gasteiger partial charge in [-0.2, -0.15) is 0 Å². The highest BCUT2D eigenvalue weighted by molar-refractivity contribution is 7.99. The molecule has 9 heteroatoms. The molecule has 0 aliphatic carbocycles. The van der Waals surface area contributed by atoms with Crippen molar-refractivity contribution in [2.75, 3.05) is 17.2 Å². The normalized spacial score (nSPS) is 19.5. The van der Waals surface area contributed by atoms with Crippen LogP contribution in [0.4, 0.5) is 5.69 Å². The minimum absolute atomic E-state index is 0.0352. The van der Waals surface area contributed by atoms with Crippen LogP contribution in [-0.4, -0.2) is 55.7 Å². The minimum atomic E-state index is -0.581. The van der Waals surface area contributed by atoms with E-state index >= 15 is 0 Å². The standard InChI is InChI=1S/C18H19N5O3S/c1-21-11-19-20-18(21)27-10-15(24)23-13-7-3-2-6-12(13)16(25)22-9-5-4-8-14(22)17(23)26/h2-3,6-7,11,14H,4-5,8-10H2,1H3/t14-/m0/s1. The zero-order valence-corrected chi connectivity index (χ0v) is 15.7. The molecule has 2 aliphatic heterocycles. The van der Waals surface area contributed by atoms with E-state index in [1.165, 1.54) is 16.7 Å². The van der Waals surface area contributed by atoms with Crippen molar-refractivity contribution in [3.63, 3.8) is 0 Å². The molecule has 1 fully saturated rings. The third kappa shape index (κ3) is 3.12. The first-order chi connectivity index (χ1) is 13.1. The average molecular weight is 385 g/mol. The van der Waals surface area contributed by atoms with Crippen molar-refractivity contribution in [1.29, 1.82) is 0 Å². The fraction of sp³-hybridized carbons (Fsp3) is 0.389. The molecule has 0 bridgehead atoms. The van der Waals surface area contributed by atoms with Crippen molar-refractivity contribution < 1.29 is 14.4 Å². The van der Waals surface area contributed by atoms with E-state index in [0.717, 1.165) is 12.8 Å². The first-order valence-electron chi connectivity index (χ1n) is 8.81. The summed E-state index contributed by atoms with van der Waals surface area (Å²) in [5.74, 6) is -0.829. The Bertz CT molecular complexity index is 912. The SMILES string of the molecule is Cn1cnnc1SCC(=O)N1C(=O)[C@@H]2CCCCN2C(=O)c2ccccc21. The number of imide groups is 1. The quantitative estimate of drug-likeness (QED) is 0.744. The maximum atomic E-state index is 13.2. The molecule has 0 saturated carbocycles. The van der Waals surface area contributed by atoms with Gasteiger partial charge in [-0.3, -0.25) is 14.4 Å². The molecule has 0 spiro atoms. The van der Waals surface area contributed by atoms with Crippen LogP contribution in [0.25, 0.3) is 0 Å². The van der Waals surface area contributed by atoms with Crippen LogP contribution in [0.15, 0.2) is 35.7 Å². The summed E-state index contributed by atoms with van der Waals surface area (Å²) in [6.07, 6.45) is 3.87. The van der Waals surface area contributed by atoms with Gasteiger partial charge < -0.3 is 9.47 Å². The lowest BCUT2D eigenvalue weighted by Gasteiger charge is -2.34. The van der Waals surface area contributed by atoms with E-state index in [9.17, 15) is 14.4 Å². The van der Waals surface area contributed by atoms with Gasteiger partial charge in [0.1, 0.15) is 12.4 Å². The summed E-state index contributed by atoms with van der Waals surface area (Å²) in [5, 5.41) is 8.33. The lowest BCUT2D eigenvalue weighted by molar-refractivity contribution is -0.128. The fourth-order valence-electron chi connectivity index (χ4n) is 3.55. The Labute approximate surface area is 160 Å². The zero-order chi connectivity index (χ0) is 19.0. The van der Waals surface area contributed by atoms with Crippen LogP contribution >= 0.6 is 11.8 Å². The van der Waals surface area contributed by atoms with E-state index < -0.39 is 6.04 Å². The molecule has 1 atom stereocenters. The molecular weight excluding hydrogens is 366 g/mol. The molecule has 0 unspecified atom stereocenters. The topological polar surface area (TPSA) is 88.4 Å². The molecule has 3 heterocycles. The number of anilines is 1. The van der Waals surface area contributed by atoms with E-state index in [0.29, 0.717) is 29.4 Å². The zero-order valence-electron chi connectivity index (χ0n) is 14.9. The van der Waals surface area contributed by atoms with Crippen molar-refractivity contribution in [2.45, 2.75) is 30.5 Å². The number of carbonyl (C=O) groups is 3. The third-order valence-corrected chi connectivity index (χ3v) is 5.91. The maximum absolute atomic E-state index is 13.2. The summed E-state index contributed by atoms with van der Waals surface area (Å²) in [6, 6.07) is 6.25. The molecule has 8 nitrogen and oxygen atoms in total. The van der Waals surface area contributed by atoms with Gasteiger partial charge in [0.15, 0.2) is 5.16 Å². The van der Waals surface area contributed by atoms with Crippen LogP contribution in [0.5, 0.6) is 0 Å². The molecule has 140 valence electrons. The predicted molar refractivity (Wildman–Crippen MR) is 99.3 cm³/mol. The van der Waals surface area contributed by atoms with Crippen molar-refractivity contribution in [3.05, 3.63) is 36.2 Å². The highest BCUT2D eigenvalue weighted by Gasteiger charge is 2.42. The summed E-state index contributed by atoms with van der Waals surface area (Å²) in [5.41, 5.74) is 0.762. The summed E-state index contributed by atoms with van der Waals surface area (Å²) in [7, 11) is 1.79. The lowest BCUT2D eigenvalue weighted by Crippen LogP contribution is -2.52. The summed E-state index contributed by atoms with van der Waals surface area (Å²) < 4.78 is 1.71. The number of para-hydroxylation sites is 1. The van der Waals surface area contributed by atoms with Crippen LogP contribution in [0.1, 0.15) is 29.6 Å². The van der Waals surface area contributed by atoms with Gasteiger partial charge >= 0.3 is 0 Å². The van der Waals surface area contributed by atoms with Gasteiger partial charge in [-0.15, -0.1) is 10.2 Å². The highest BCUT2D eigenvalue weighted by atomic mass is 32.2. The Morgan fingerprint density at radius 2 is 2.07 bits per heavy atom. The van der Waals surface area contributed by atoms with Crippen LogP contribution in [0, 0.1) is 0 Å². The van der Waals surface area contributed by atoms with Crippen LogP contribution < -0.4 is 4.90 Å². The predicted octanol–water partition coefficient (Wildman–Crippen LogP) is 1.48. The maximum Gasteiger partial charge on any atom is 0.256 e. The average Bonchev–Trinajstić information content (AvgIpc) is 3.07. The first-order valence-corrected chi connectivity index (χ1v) is 9.80. The summed E-state index contributed by atoms with van der Waals surface area (Å²) in [4.78, 5) is 42.0. The minimum Gasteiger partial charge on any atom is -0.327 e. The number of fused-ring (bicyclic) bond motifs is 2. The van der Waals surface area contributed by atoms with Gasteiger partial charge in [0.05, 0.1) is 17.0 Å². The highest BCUT2D eigenvalue weighted by Crippen LogP contribution is 2.32. The number of benzene rings is 1. The van der Waals surface area contributed by atoms with Gasteiger partial charge in [0, 0.05) is 13.6 Å². The molecule has 2 aromatic rings. The van der Waals surface area contributed by atoms with Gasteiger partial charge in [0.2, 0.25) is 5.91 Å². The second-order valence-electron chi connectivity index (χ2n) is 6.61. The number of piperidine rings is 1. The summed E-state index contributed by atoms with van der Waals surface area (Å²) in [6.45, 7) is 0.541. The molecule has 0 radical (unpaired) electrons. The Morgan fingerprint density at radius 1 is 1.26 bits per heavy atom. The largest absolute Gasteiger partial charge is 0.327 e. The van der Waals surface area contributed by atoms with Crippen LogP contribution in [-0.2, 0) is 16.6 Å². The number of hydrogen-bond donors (Lipinski definition) is 0. The molecule has 2 aliphatic rings. The van der Waals surface area contributed by atoms with E-state index in [1.54, 1.807) is 47.1 Å². The van der Waals surface area contributed by atoms with E-state index in [-0.39, 0.29) is 23.5 Å². The Morgan fingerprint density at radius 3 is 2.85 bits per heavy atom. The van der Waals surface area contributed by atoms with E-state index in [2.05, 4.69) is 10.2 Å². The molecule has 1 aromatic carbocycles. The van der Waals surface area contributed by atoms with Gasteiger partial charge in [-0.25, -0.2) is 4.90 Å². The van der Waals surface area contributed by atoms with Crippen LogP contribution in [0.2, 0.25) is 0 Å². The number of hydrogen-bond acceptors (Lipinski definition) is 6. The number of nitrogens with zero attached hydrogens (tertiary/aromatic N) is 5.